The molecule has 0 saturated carbocycles. The monoisotopic (exact) mass is 276 g/mol. The second-order valence-corrected chi connectivity index (χ2v) is 6.79. The highest BCUT2D eigenvalue weighted by Crippen LogP contribution is 2.35. The van der Waals surface area contributed by atoms with E-state index in [1.54, 1.807) is 7.11 Å². The number of likely N-dealkylation sites (tertiary alicyclic amines) is 1. The molecule has 20 heavy (non-hydrogen) atoms. The molecule has 0 aromatic heterocycles. The molecule has 1 aliphatic rings. The van der Waals surface area contributed by atoms with Gasteiger partial charge in [0.1, 0.15) is 0 Å². The molecule has 1 aliphatic heterocycles. The highest BCUT2D eigenvalue weighted by atomic mass is 16.5. The quantitative estimate of drug-likeness (QED) is 0.922. The van der Waals surface area contributed by atoms with E-state index in [0.717, 1.165) is 13.0 Å². The molecular weight excluding hydrogens is 248 g/mol. The van der Waals surface area contributed by atoms with Crippen LogP contribution in [0.15, 0.2) is 24.3 Å². The first-order chi connectivity index (χ1) is 9.43. The number of hydrogen-bond acceptors (Lipinski definition) is 3. The van der Waals surface area contributed by atoms with Gasteiger partial charge in [0.05, 0.1) is 12.6 Å². The molecule has 1 saturated heterocycles. The third-order valence-corrected chi connectivity index (χ3v) is 4.14. The second-order valence-electron chi connectivity index (χ2n) is 6.79. The molecule has 1 fully saturated rings. The minimum atomic E-state index is 0.139. The first-order valence-electron chi connectivity index (χ1n) is 7.53. The lowest BCUT2D eigenvalue weighted by molar-refractivity contribution is 0.0383. The molecule has 0 amide bonds. The van der Waals surface area contributed by atoms with E-state index in [9.17, 15) is 0 Å². The van der Waals surface area contributed by atoms with Gasteiger partial charge in [-0.2, -0.15) is 0 Å². The van der Waals surface area contributed by atoms with Gasteiger partial charge >= 0.3 is 0 Å². The van der Waals surface area contributed by atoms with E-state index in [2.05, 4.69) is 49.9 Å². The molecule has 1 heterocycles. The standard InChI is InChI=1S/C17H28N2O/c1-17(2,3)19-10-6-9-15(18)16(19)14-8-5-7-13(11-14)12-20-4/h5,7-8,11,15-16H,6,9-10,12,18H2,1-4H3. The minimum Gasteiger partial charge on any atom is -0.380 e. The normalized spacial score (nSPS) is 24.9. The Labute approximate surface area is 123 Å². The van der Waals surface area contributed by atoms with Gasteiger partial charge in [0.15, 0.2) is 0 Å². The molecule has 2 unspecified atom stereocenters. The van der Waals surface area contributed by atoms with Crippen LogP contribution >= 0.6 is 0 Å². The second kappa shape index (κ2) is 6.25. The molecule has 0 aliphatic carbocycles. The smallest absolute Gasteiger partial charge is 0.0713 e. The number of rotatable bonds is 3. The van der Waals surface area contributed by atoms with Gasteiger partial charge in [-0.05, 0) is 51.3 Å². The van der Waals surface area contributed by atoms with Crippen molar-refractivity contribution in [3.8, 4) is 0 Å². The van der Waals surface area contributed by atoms with E-state index in [1.807, 2.05) is 0 Å². The van der Waals surface area contributed by atoms with Crippen molar-refractivity contribution >= 4 is 0 Å². The first-order valence-corrected chi connectivity index (χ1v) is 7.53. The number of methoxy groups -OCH3 is 1. The molecule has 3 nitrogen and oxygen atoms in total. The third kappa shape index (κ3) is 3.40. The zero-order valence-electron chi connectivity index (χ0n) is 13.2. The summed E-state index contributed by atoms with van der Waals surface area (Å²) < 4.78 is 5.25. The predicted octanol–water partition coefficient (Wildman–Crippen LogP) is 3.10. The summed E-state index contributed by atoms with van der Waals surface area (Å²) in [6.07, 6.45) is 2.29. The number of nitrogens with zero attached hydrogens (tertiary/aromatic N) is 1. The van der Waals surface area contributed by atoms with Crippen LogP contribution in [0, 0.1) is 0 Å². The third-order valence-electron chi connectivity index (χ3n) is 4.14. The van der Waals surface area contributed by atoms with Crippen molar-refractivity contribution < 1.29 is 4.74 Å². The van der Waals surface area contributed by atoms with Gasteiger partial charge in [-0.1, -0.05) is 24.3 Å². The van der Waals surface area contributed by atoms with Crippen LogP contribution in [0.2, 0.25) is 0 Å². The maximum atomic E-state index is 6.45. The molecule has 0 spiro atoms. The lowest BCUT2D eigenvalue weighted by atomic mass is 9.86. The Balaban J connectivity index is 2.32. The lowest BCUT2D eigenvalue weighted by Gasteiger charge is -2.47. The summed E-state index contributed by atoms with van der Waals surface area (Å²) in [4.78, 5) is 2.55. The van der Waals surface area contributed by atoms with Gasteiger partial charge in [-0.15, -0.1) is 0 Å². The number of piperidine rings is 1. The summed E-state index contributed by atoms with van der Waals surface area (Å²) in [5, 5.41) is 0. The molecule has 112 valence electrons. The summed E-state index contributed by atoms with van der Waals surface area (Å²) in [7, 11) is 1.74. The van der Waals surface area contributed by atoms with Crippen LogP contribution in [0.5, 0.6) is 0 Å². The summed E-state index contributed by atoms with van der Waals surface area (Å²) in [6, 6.07) is 9.20. The van der Waals surface area contributed by atoms with Crippen LogP contribution in [0.3, 0.4) is 0 Å². The number of nitrogens with two attached hydrogens (primary N) is 1. The van der Waals surface area contributed by atoms with Crippen LogP contribution in [-0.2, 0) is 11.3 Å². The van der Waals surface area contributed by atoms with Gasteiger partial charge in [-0.25, -0.2) is 0 Å². The highest BCUT2D eigenvalue weighted by molar-refractivity contribution is 5.28. The van der Waals surface area contributed by atoms with Gasteiger partial charge in [0, 0.05) is 18.7 Å². The van der Waals surface area contributed by atoms with E-state index in [1.165, 1.54) is 17.5 Å². The molecule has 0 radical (unpaired) electrons. The summed E-state index contributed by atoms with van der Waals surface area (Å²) in [5.74, 6) is 0. The van der Waals surface area contributed by atoms with Crippen molar-refractivity contribution in [3.63, 3.8) is 0 Å². The van der Waals surface area contributed by atoms with Crippen LogP contribution in [0.4, 0.5) is 0 Å². The molecule has 1 aromatic rings. The van der Waals surface area contributed by atoms with Crippen molar-refractivity contribution in [2.45, 2.75) is 57.8 Å². The predicted molar refractivity (Wildman–Crippen MR) is 83.6 cm³/mol. The maximum absolute atomic E-state index is 6.45. The van der Waals surface area contributed by atoms with Gasteiger partial charge < -0.3 is 10.5 Å². The Hall–Kier alpha value is -0.900. The zero-order chi connectivity index (χ0) is 14.8. The topological polar surface area (TPSA) is 38.5 Å². The SMILES string of the molecule is COCc1cccc(C2C(N)CCCN2C(C)(C)C)c1. The summed E-state index contributed by atoms with van der Waals surface area (Å²) in [6.45, 7) is 8.60. The van der Waals surface area contributed by atoms with Crippen molar-refractivity contribution in [1.29, 1.82) is 0 Å². The number of hydrogen-bond donors (Lipinski definition) is 1. The van der Waals surface area contributed by atoms with Crippen molar-refractivity contribution in [1.82, 2.24) is 4.90 Å². The van der Waals surface area contributed by atoms with Gasteiger partial charge in [0.25, 0.3) is 0 Å². The fourth-order valence-corrected chi connectivity index (χ4v) is 3.24. The lowest BCUT2D eigenvalue weighted by Crippen LogP contribution is -2.53. The molecule has 1 aromatic carbocycles. The van der Waals surface area contributed by atoms with Gasteiger partial charge in [-0.3, -0.25) is 4.90 Å². The average molecular weight is 276 g/mol. The maximum Gasteiger partial charge on any atom is 0.0713 e. The molecule has 2 rings (SSSR count). The van der Waals surface area contributed by atoms with E-state index >= 15 is 0 Å². The van der Waals surface area contributed by atoms with E-state index in [0.29, 0.717) is 12.6 Å². The van der Waals surface area contributed by atoms with Crippen molar-refractivity contribution in [2.75, 3.05) is 13.7 Å². The van der Waals surface area contributed by atoms with Crippen LogP contribution in [-0.4, -0.2) is 30.1 Å². The Bertz CT molecular complexity index is 439. The largest absolute Gasteiger partial charge is 0.380 e. The van der Waals surface area contributed by atoms with Crippen LogP contribution in [0.25, 0.3) is 0 Å². The van der Waals surface area contributed by atoms with Crippen molar-refractivity contribution in [2.24, 2.45) is 5.73 Å². The Morgan fingerprint density at radius 1 is 1.35 bits per heavy atom. The Morgan fingerprint density at radius 2 is 2.10 bits per heavy atom. The van der Waals surface area contributed by atoms with Crippen LogP contribution in [0.1, 0.15) is 50.8 Å². The molecular formula is C17H28N2O. The minimum absolute atomic E-state index is 0.139. The van der Waals surface area contributed by atoms with Crippen LogP contribution < -0.4 is 5.73 Å². The summed E-state index contributed by atoms with van der Waals surface area (Å²) in [5.41, 5.74) is 9.13. The van der Waals surface area contributed by atoms with E-state index in [-0.39, 0.29) is 11.6 Å². The fourth-order valence-electron chi connectivity index (χ4n) is 3.24. The molecule has 0 bridgehead atoms. The Morgan fingerprint density at radius 3 is 2.75 bits per heavy atom. The van der Waals surface area contributed by atoms with E-state index < -0.39 is 0 Å². The molecule has 2 N–H and O–H groups in total. The van der Waals surface area contributed by atoms with Gasteiger partial charge in [0.2, 0.25) is 0 Å². The highest BCUT2D eigenvalue weighted by Gasteiger charge is 2.36. The van der Waals surface area contributed by atoms with Crippen molar-refractivity contribution in [3.05, 3.63) is 35.4 Å². The first kappa shape index (κ1) is 15.5. The van der Waals surface area contributed by atoms with E-state index in [4.69, 9.17) is 10.5 Å². The molecule has 2 atom stereocenters. The number of ether oxygens (including phenoxy) is 1. The Kier molecular flexibility index (Phi) is 4.84. The number of benzene rings is 1. The fraction of sp³-hybridized carbons (Fsp3) is 0.647. The summed E-state index contributed by atoms with van der Waals surface area (Å²) >= 11 is 0. The average Bonchev–Trinajstić information content (AvgIpc) is 2.38. The molecule has 3 heteroatoms. The zero-order valence-corrected chi connectivity index (χ0v) is 13.2.